The maximum Gasteiger partial charge on any atom is 0.0755 e. The van der Waals surface area contributed by atoms with Gasteiger partial charge in [-0.1, -0.05) is 39.5 Å². The highest BCUT2D eigenvalue weighted by molar-refractivity contribution is 4.90. The lowest BCUT2D eigenvalue weighted by molar-refractivity contribution is 0.0167. The van der Waals surface area contributed by atoms with Crippen molar-refractivity contribution >= 4 is 0 Å². The van der Waals surface area contributed by atoms with Crippen LogP contribution in [0, 0.1) is 5.92 Å². The topological polar surface area (TPSA) is 21.3 Å². The van der Waals surface area contributed by atoms with Crippen LogP contribution in [0.15, 0.2) is 0 Å². The third-order valence-corrected chi connectivity index (χ3v) is 3.68. The Morgan fingerprint density at radius 2 is 1.88 bits per heavy atom. The lowest BCUT2D eigenvalue weighted by Gasteiger charge is -2.28. The first-order chi connectivity index (χ1) is 8.33. The van der Waals surface area contributed by atoms with E-state index in [0.717, 1.165) is 19.1 Å². The molecule has 1 rings (SSSR count). The molecule has 0 amide bonds. The summed E-state index contributed by atoms with van der Waals surface area (Å²) in [6.45, 7) is 8.52. The first kappa shape index (κ1) is 15.0. The van der Waals surface area contributed by atoms with E-state index in [2.05, 4.69) is 26.1 Å². The number of ether oxygens (including phenoxy) is 1. The van der Waals surface area contributed by atoms with Gasteiger partial charge in [-0.3, -0.25) is 0 Å². The standard InChI is InChI=1S/C15H31NO/c1-4-7-8-9-10-14(16-5-2)15(17-6-3)13-11-12-13/h13-16H,4-12H2,1-3H3. The molecule has 0 saturated heterocycles. The van der Waals surface area contributed by atoms with Crippen molar-refractivity contribution < 1.29 is 4.74 Å². The number of rotatable bonds is 11. The summed E-state index contributed by atoms with van der Waals surface area (Å²) >= 11 is 0. The van der Waals surface area contributed by atoms with E-state index in [4.69, 9.17) is 4.74 Å². The van der Waals surface area contributed by atoms with Crippen molar-refractivity contribution in [1.29, 1.82) is 0 Å². The van der Waals surface area contributed by atoms with Crippen LogP contribution in [0.3, 0.4) is 0 Å². The molecular formula is C15H31NO. The van der Waals surface area contributed by atoms with Gasteiger partial charge in [0, 0.05) is 12.6 Å². The van der Waals surface area contributed by atoms with Crippen LogP contribution in [-0.2, 0) is 4.74 Å². The van der Waals surface area contributed by atoms with E-state index < -0.39 is 0 Å². The van der Waals surface area contributed by atoms with Crippen molar-refractivity contribution in [2.45, 2.75) is 77.9 Å². The highest BCUT2D eigenvalue weighted by atomic mass is 16.5. The lowest BCUT2D eigenvalue weighted by atomic mass is 9.99. The maximum absolute atomic E-state index is 5.98. The molecule has 1 saturated carbocycles. The number of likely N-dealkylation sites (N-methyl/N-ethyl adjacent to an activating group) is 1. The number of hydrogen-bond donors (Lipinski definition) is 1. The minimum Gasteiger partial charge on any atom is -0.377 e. The molecular weight excluding hydrogens is 210 g/mol. The average molecular weight is 241 g/mol. The molecule has 0 aromatic carbocycles. The van der Waals surface area contributed by atoms with Crippen LogP contribution < -0.4 is 5.32 Å². The summed E-state index contributed by atoms with van der Waals surface area (Å²) < 4.78 is 5.98. The Hall–Kier alpha value is -0.0800. The van der Waals surface area contributed by atoms with Gasteiger partial charge in [-0.05, 0) is 38.6 Å². The van der Waals surface area contributed by atoms with Crippen LogP contribution in [0.2, 0.25) is 0 Å². The van der Waals surface area contributed by atoms with Gasteiger partial charge >= 0.3 is 0 Å². The predicted molar refractivity (Wildman–Crippen MR) is 74.4 cm³/mol. The second-order valence-corrected chi connectivity index (χ2v) is 5.27. The Bertz CT molecular complexity index is 180. The van der Waals surface area contributed by atoms with Crippen molar-refractivity contribution in [1.82, 2.24) is 5.32 Å². The molecule has 1 aliphatic carbocycles. The van der Waals surface area contributed by atoms with E-state index in [1.54, 1.807) is 0 Å². The summed E-state index contributed by atoms with van der Waals surface area (Å²) in [5.41, 5.74) is 0. The van der Waals surface area contributed by atoms with Crippen LogP contribution >= 0.6 is 0 Å². The first-order valence-corrected chi connectivity index (χ1v) is 7.68. The molecule has 1 aliphatic rings. The first-order valence-electron chi connectivity index (χ1n) is 7.68. The van der Waals surface area contributed by atoms with E-state index in [1.165, 1.54) is 44.9 Å². The normalized spacial score (nSPS) is 19.2. The van der Waals surface area contributed by atoms with Crippen molar-refractivity contribution in [2.75, 3.05) is 13.2 Å². The van der Waals surface area contributed by atoms with Gasteiger partial charge < -0.3 is 10.1 Å². The molecule has 0 aliphatic heterocycles. The van der Waals surface area contributed by atoms with Gasteiger partial charge in [0.05, 0.1) is 6.10 Å². The molecule has 2 nitrogen and oxygen atoms in total. The number of hydrogen-bond acceptors (Lipinski definition) is 2. The molecule has 1 fully saturated rings. The summed E-state index contributed by atoms with van der Waals surface area (Å²) in [4.78, 5) is 0. The quantitative estimate of drug-likeness (QED) is 0.556. The molecule has 0 spiro atoms. The third kappa shape index (κ3) is 5.87. The van der Waals surface area contributed by atoms with Crippen molar-refractivity contribution in [2.24, 2.45) is 5.92 Å². The summed E-state index contributed by atoms with van der Waals surface area (Å²) in [6.07, 6.45) is 9.94. The Kier molecular flexibility index (Phi) is 7.87. The molecule has 0 aromatic rings. The van der Waals surface area contributed by atoms with E-state index in [1.807, 2.05) is 0 Å². The fourth-order valence-electron chi connectivity index (χ4n) is 2.63. The molecule has 1 N–H and O–H groups in total. The van der Waals surface area contributed by atoms with Gasteiger partial charge in [-0.2, -0.15) is 0 Å². The van der Waals surface area contributed by atoms with E-state index in [9.17, 15) is 0 Å². The molecule has 2 atom stereocenters. The number of unbranched alkanes of at least 4 members (excludes halogenated alkanes) is 3. The lowest BCUT2D eigenvalue weighted by Crippen LogP contribution is -2.42. The fraction of sp³-hybridized carbons (Fsp3) is 1.00. The highest BCUT2D eigenvalue weighted by Crippen LogP contribution is 2.36. The second-order valence-electron chi connectivity index (χ2n) is 5.27. The maximum atomic E-state index is 5.98. The fourth-order valence-corrected chi connectivity index (χ4v) is 2.63. The predicted octanol–water partition coefficient (Wildman–Crippen LogP) is 3.75. The molecule has 0 heterocycles. The Morgan fingerprint density at radius 3 is 2.41 bits per heavy atom. The monoisotopic (exact) mass is 241 g/mol. The van der Waals surface area contributed by atoms with Gasteiger partial charge in [-0.15, -0.1) is 0 Å². The van der Waals surface area contributed by atoms with Crippen molar-refractivity contribution in [3.8, 4) is 0 Å². The molecule has 102 valence electrons. The van der Waals surface area contributed by atoms with Crippen molar-refractivity contribution in [3.05, 3.63) is 0 Å². The second kappa shape index (κ2) is 8.93. The van der Waals surface area contributed by atoms with Crippen LogP contribution in [0.25, 0.3) is 0 Å². The summed E-state index contributed by atoms with van der Waals surface area (Å²) in [6, 6.07) is 0.587. The SMILES string of the molecule is CCCCCCC(NCC)C(OCC)C1CC1. The van der Waals surface area contributed by atoms with E-state index >= 15 is 0 Å². The summed E-state index contributed by atoms with van der Waals surface area (Å²) in [5.74, 6) is 0.838. The Balaban J connectivity index is 2.32. The van der Waals surface area contributed by atoms with E-state index in [0.29, 0.717) is 12.1 Å². The molecule has 2 unspecified atom stereocenters. The van der Waals surface area contributed by atoms with Crippen LogP contribution in [0.1, 0.15) is 65.7 Å². The van der Waals surface area contributed by atoms with Gasteiger partial charge in [0.2, 0.25) is 0 Å². The minimum atomic E-state index is 0.474. The Morgan fingerprint density at radius 1 is 1.12 bits per heavy atom. The van der Waals surface area contributed by atoms with Crippen LogP contribution in [0.5, 0.6) is 0 Å². The van der Waals surface area contributed by atoms with Gasteiger partial charge in [0.25, 0.3) is 0 Å². The Labute approximate surface area is 108 Å². The zero-order valence-electron chi connectivity index (χ0n) is 12.0. The molecule has 0 aromatic heterocycles. The number of nitrogens with one attached hydrogen (secondary N) is 1. The molecule has 2 heteroatoms. The van der Waals surface area contributed by atoms with Crippen molar-refractivity contribution in [3.63, 3.8) is 0 Å². The zero-order valence-corrected chi connectivity index (χ0v) is 12.0. The third-order valence-electron chi connectivity index (χ3n) is 3.68. The van der Waals surface area contributed by atoms with Gasteiger partial charge in [-0.25, -0.2) is 0 Å². The summed E-state index contributed by atoms with van der Waals surface area (Å²) in [7, 11) is 0. The summed E-state index contributed by atoms with van der Waals surface area (Å²) in [5, 5.41) is 3.64. The average Bonchev–Trinajstić information content (AvgIpc) is 3.14. The smallest absolute Gasteiger partial charge is 0.0755 e. The highest BCUT2D eigenvalue weighted by Gasteiger charge is 2.36. The van der Waals surface area contributed by atoms with Crippen LogP contribution in [0.4, 0.5) is 0 Å². The largest absolute Gasteiger partial charge is 0.377 e. The van der Waals surface area contributed by atoms with Gasteiger partial charge in [0.1, 0.15) is 0 Å². The van der Waals surface area contributed by atoms with E-state index in [-0.39, 0.29) is 0 Å². The minimum absolute atomic E-state index is 0.474. The molecule has 0 bridgehead atoms. The van der Waals surface area contributed by atoms with Crippen LogP contribution in [-0.4, -0.2) is 25.3 Å². The zero-order chi connectivity index (χ0) is 12.5. The molecule has 0 radical (unpaired) electrons. The molecule has 17 heavy (non-hydrogen) atoms. The van der Waals surface area contributed by atoms with Gasteiger partial charge in [0.15, 0.2) is 0 Å².